The van der Waals surface area contributed by atoms with E-state index < -0.39 is 17.7 Å². The van der Waals surface area contributed by atoms with Crippen LogP contribution in [0.4, 0.5) is 8.78 Å². The van der Waals surface area contributed by atoms with Gasteiger partial charge in [0.1, 0.15) is 11.6 Å². The average molecular weight is 272 g/mol. The van der Waals surface area contributed by atoms with Crippen molar-refractivity contribution >= 4 is 11.8 Å². The molecule has 1 aromatic carbocycles. The highest BCUT2D eigenvalue weighted by Gasteiger charge is 2.30. The van der Waals surface area contributed by atoms with Gasteiger partial charge in [-0.3, -0.25) is 4.90 Å². The number of aryl methyl sites for hydroxylation is 1. The minimum atomic E-state index is -0.623. The summed E-state index contributed by atoms with van der Waals surface area (Å²) in [5, 5.41) is 0. The van der Waals surface area contributed by atoms with Crippen LogP contribution >= 0.6 is 11.8 Å². The van der Waals surface area contributed by atoms with E-state index in [1.54, 1.807) is 18.7 Å². The topological polar surface area (TPSA) is 29.3 Å². The molecule has 0 bridgehead atoms. The number of rotatable bonds is 2. The van der Waals surface area contributed by atoms with Crippen LogP contribution in [-0.2, 0) is 0 Å². The zero-order valence-corrected chi connectivity index (χ0v) is 11.4. The van der Waals surface area contributed by atoms with Gasteiger partial charge in [0.25, 0.3) is 0 Å². The molecule has 1 aliphatic heterocycles. The van der Waals surface area contributed by atoms with Crippen molar-refractivity contribution in [2.45, 2.75) is 19.0 Å². The lowest BCUT2D eigenvalue weighted by atomic mass is 9.97. The van der Waals surface area contributed by atoms with Gasteiger partial charge >= 0.3 is 0 Å². The van der Waals surface area contributed by atoms with E-state index in [0.717, 1.165) is 18.1 Å². The first-order chi connectivity index (χ1) is 8.52. The fourth-order valence-corrected chi connectivity index (χ4v) is 3.55. The maximum atomic E-state index is 14.0. The highest BCUT2D eigenvalue weighted by atomic mass is 32.2. The monoisotopic (exact) mass is 272 g/mol. The van der Waals surface area contributed by atoms with Crippen LogP contribution in [0.2, 0.25) is 0 Å². The molecule has 1 saturated heterocycles. The van der Waals surface area contributed by atoms with Crippen molar-refractivity contribution in [3.8, 4) is 0 Å². The van der Waals surface area contributed by atoms with Crippen LogP contribution in [0.15, 0.2) is 12.1 Å². The van der Waals surface area contributed by atoms with Gasteiger partial charge in [-0.25, -0.2) is 8.78 Å². The summed E-state index contributed by atoms with van der Waals surface area (Å²) in [5.41, 5.74) is 6.56. The molecule has 0 aromatic heterocycles. The summed E-state index contributed by atoms with van der Waals surface area (Å²) in [6, 6.07) is 2.10. The van der Waals surface area contributed by atoms with Gasteiger partial charge in [-0.1, -0.05) is 6.07 Å². The van der Waals surface area contributed by atoms with Gasteiger partial charge < -0.3 is 5.73 Å². The van der Waals surface area contributed by atoms with E-state index in [9.17, 15) is 8.78 Å². The first kappa shape index (κ1) is 13.8. The number of nitrogens with two attached hydrogens (primary N) is 1. The lowest BCUT2D eigenvalue weighted by Crippen LogP contribution is -2.46. The largest absolute Gasteiger partial charge is 0.322 e. The predicted octanol–water partition coefficient (Wildman–Crippen LogP) is 2.32. The highest BCUT2D eigenvalue weighted by Crippen LogP contribution is 2.29. The Kier molecular flexibility index (Phi) is 4.25. The molecular formula is C13H18F2N2S. The molecule has 2 nitrogen and oxygen atoms in total. The first-order valence-corrected chi connectivity index (χ1v) is 7.16. The molecule has 0 saturated carbocycles. The quantitative estimate of drug-likeness (QED) is 0.896. The fraction of sp³-hybridized carbons (Fsp3) is 0.538. The summed E-state index contributed by atoms with van der Waals surface area (Å²) in [4.78, 5) is 2.09. The Morgan fingerprint density at radius 3 is 2.83 bits per heavy atom. The van der Waals surface area contributed by atoms with Gasteiger partial charge in [0.2, 0.25) is 0 Å². The maximum Gasteiger partial charge on any atom is 0.133 e. The van der Waals surface area contributed by atoms with E-state index in [4.69, 9.17) is 5.73 Å². The minimum Gasteiger partial charge on any atom is -0.322 e. The van der Waals surface area contributed by atoms with Gasteiger partial charge in [-0.2, -0.15) is 11.8 Å². The second-order valence-electron chi connectivity index (χ2n) is 4.74. The number of hydrogen-bond acceptors (Lipinski definition) is 3. The van der Waals surface area contributed by atoms with Crippen molar-refractivity contribution in [2.75, 3.05) is 25.1 Å². The molecular weight excluding hydrogens is 254 g/mol. The van der Waals surface area contributed by atoms with Crippen LogP contribution in [0.25, 0.3) is 0 Å². The van der Waals surface area contributed by atoms with Crippen molar-refractivity contribution in [2.24, 2.45) is 5.73 Å². The lowest BCUT2D eigenvalue weighted by Gasteiger charge is -2.36. The Morgan fingerprint density at radius 2 is 2.17 bits per heavy atom. The van der Waals surface area contributed by atoms with Crippen molar-refractivity contribution in [1.82, 2.24) is 4.90 Å². The summed E-state index contributed by atoms with van der Waals surface area (Å²) in [5.74, 6) is 0.796. The summed E-state index contributed by atoms with van der Waals surface area (Å²) < 4.78 is 27.9. The SMILES string of the molecule is Cc1ccc(F)c(C(N)C2CSCCN2C)c1F. The lowest BCUT2D eigenvalue weighted by molar-refractivity contribution is 0.232. The van der Waals surface area contributed by atoms with Crippen LogP contribution in [0.1, 0.15) is 17.2 Å². The molecule has 2 N–H and O–H groups in total. The summed E-state index contributed by atoms with van der Waals surface area (Å²) in [6.07, 6.45) is 0. The molecule has 5 heteroatoms. The fourth-order valence-electron chi connectivity index (χ4n) is 2.26. The Morgan fingerprint density at radius 1 is 1.44 bits per heavy atom. The Balaban J connectivity index is 2.33. The van der Waals surface area contributed by atoms with Crippen molar-refractivity contribution < 1.29 is 8.78 Å². The van der Waals surface area contributed by atoms with Crippen LogP contribution in [0.3, 0.4) is 0 Å². The molecule has 2 unspecified atom stereocenters. The molecule has 18 heavy (non-hydrogen) atoms. The molecule has 100 valence electrons. The number of thioether (sulfide) groups is 1. The number of halogens is 2. The molecule has 1 aromatic rings. The third kappa shape index (κ3) is 2.53. The second kappa shape index (κ2) is 5.55. The van der Waals surface area contributed by atoms with Gasteiger partial charge in [0.05, 0.1) is 6.04 Å². The van der Waals surface area contributed by atoms with E-state index in [1.807, 2.05) is 7.05 Å². The van der Waals surface area contributed by atoms with Gasteiger partial charge in [0, 0.05) is 29.7 Å². The normalized spacial score (nSPS) is 23.1. The molecule has 1 fully saturated rings. The molecule has 0 radical (unpaired) electrons. The van der Waals surface area contributed by atoms with Gasteiger partial charge in [0.15, 0.2) is 0 Å². The Labute approximate surface area is 111 Å². The number of likely N-dealkylation sites (N-methyl/N-ethyl adjacent to an activating group) is 1. The Hall–Kier alpha value is -0.650. The standard InChI is InChI=1S/C13H18F2N2S/c1-8-3-4-9(14)11(12(8)15)13(16)10-7-18-6-5-17(10)2/h3-4,10,13H,5-7,16H2,1-2H3. The molecule has 1 aliphatic rings. The van der Waals surface area contributed by atoms with Crippen LogP contribution in [0.5, 0.6) is 0 Å². The third-order valence-electron chi connectivity index (χ3n) is 3.51. The van der Waals surface area contributed by atoms with Crippen LogP contribution < -0.4 is 5.73 Å². The van der Waals surface area contributed by atoms with E-state index in [0.29, 0.717) is 5.56 Å². The zero-order chi connectivity index (χ0) is 13.3. The van der Waals surface area contributed by atoms with Gasteiger partial charge in [-0.15, -0.1) is 0 Å². The highest BCUT2D eigenvalue weighted by molar-refractivity contribution is 7.99. The van der Waals surface area contributed by atoms with Crippen LogP contribution in [0, 0.1) is 18.6 Å². The van der Waals surface area contributed by atoms with Gasteiger partial charge in [-0.05, 0) is 25.6 Å². The smallest absolute Gasteiger partial charge is 0.133 e. The van der Waals surface area contributed by atoms with E-state index in [2.05, 4.69) is 4.90 Å². The summed E-state index contributed by atoms with van der Waals surface area (Å²) in [7, 11) is 1.95. The second-order valence-corrected chi connectivity index (χ2v) is 5.89. The summed E-state index contributed by atoms with van der Waals surface area (Å²) in [6.45, 7) is 2.53. The molecule has 2 rings (SSSR count). The summed E-state index contributed by atoms with van der Waals surface area (Å²) >= 11 is 1.78. The molecule has 0 spiro atoms. The van der Waals surface area contributed by atoms with Crippen molar-refractivity contribution in [3.05, 3.63) is 34.9 Å². The number of nitrogens with zero attached hydrogens (tertiary/aromatic N) is 1. The molecule has 0 aliphatic carbocycles. The predicted molar refractivity (Wildman–Crippen MR) is 71.8 cm³/mol. The number of hydrogen-bond donors (Lipinski definition) is 1. The minimum absolute atomic E-state index is 0.0189. The first-order valence-electron chi connectivity index (χ1n) is 6.00. The van der Waals surface area contributed by atoms with Crippen molar-refractivity contribution in [3.63, 3.8) is 0 Å². The molecule has 1 heterocycles. The third-order valence-corrected chi connectivity index (χ3v) is 4.56. The maximum absolute atomic E-state index is 14.0. The van der Waals surface area contributed by atoms with E-state index in [-0.39, 0.29) is 11.6 Å². The zero-order valence-electron chi connectivity index (χ0n) is 10.6. The molecule has 2 atom stereocenters. The van der Waals surface area contributed by atoms with Crippen LogP contribution in [-0.4, -0.2) is 36.0 Å². The van der Waals surface area contributed by atoms with E-state index >= 15 is 0 Å². The molecule has 0 amide bonds. The van der Waals surface area contributed by atoms with E-state index in [1.165, 1.54) is 12.1 Å². The average Bonchev–Trinajstić information content (AvgIpc) is 2.35. The Bertz CT molecular complexity index is 439. The number of benzene rings is 1. The van der Waals surface area contributed by atoms with Crippen molar-refractivity contribution in [1.29, 1.82) is 0 Å².